The van der Waals surface area contributed by atoms with E-state index in [2.05, 4.69) is 20.7 Å². The van der Waals surface area contributed by atoms with Gasteiger partial charge in [0.2, 0.25) is 0 Å². The third-order valence-electron chi connectivity index (χ3n) is 2.64. The highest BCUT2D eigenvalue weighted by Crippen LogP contribution is 2.37. The topological polar surface area (TPSA) is 9.23 Å². The van der Waals surface area contributed by atoms with Crippen LogP contribution in [0.25, 0.3) is 0 Å². The van der Waals surface area contributed by atoms with E-state index in [0.717, 1.165) is 11.1 Å². The number of ether oxygens (including phenoxy) is 1. The molecule has 21 heavy (non-hydrogen) atoms. The van der Waals surface area contributed by atoms with E-state index in [9.17, 15) is 13.2 Å². The second-order valence-corrected chi connectivity index (χ2v) is 5.90. The van der Waals surface area contributed by atoms with Gasteiger partial charge in [-0.3, -0.25) is 0 Å². The molecule has 0 bridgehead atoms. The van der Waals surface area contributed by atoms with Crippen LogP contribution in [0.5, 0.6) is 5.75 Å². The van der Waals surface area contributed by atoms with Crippen molar-refractivity contribution >= 4 is 39.1 Å². The van der Waals surface area contributed by atoms with E-state index in [0.29, 0.717) is 10.0 Å². The summed E-state index contributed by atoms with van der Waals surface area (Å²) in [4.78, 5) is -0.262. The van der Waals surface area contributed by atoms with E-state index < -0.39 is 6.36 Å². The van der Waals surface area contributed by atoms with Crippen LogP contribution < -0.4 is 4.74 Å². The monoisotopic (exact) mass is 398 g/mol. The molecule has 0 saturated carbocycles. The minimum absolute atomic E-state index is 0.262. The molecule has 0 aromatic heterocycles. The number of benzene rings is 2. The number of hydrogen-bond donors (Lipinski definition) is 0. The molecule has 2 aromatic rings. The molecule has 0 heterocycles. The Morgan fingerprint density at radius 2 is 1.62 bits per heavy atom. The number of rotatable bonds is 3. The van der Waals surface area contributed by atoms with Crippen molar-refractivity contribution in [3.05, 3.63) is 63.6 Å². The second-order valence-electron chi connectivity index (χ2n) is 4.15. The first-order valence-electron chi connectivity index (χ1n) is 5.71. The van der Waals surface area contributed by atoms with Crippen LogP contribution in [-0.2, 0) is 0 Å². The van der Waals surface area contributed by atoms with Crippen LogP contribution in [-0.4, -0.2) is 6.36 Å². The maximum Gasteiger partial charge on any atom is 0.573 e. The number of alkyl halides is 4. The van der Waals surface area contributed by atoms with Crippen LogP contribution in [0.4, 0.5) is 13.2 Å². The summed E-state index contributed by atoms with van der Waals surface area (Å²) in [5.41, 5.74) is 1.51. The molecule has 1 unspecified atom stereocenters. The lowest BCUT2D eigenvalue weighted by Gasteiger charge is -2.14. The Morgan fingerprint density at radius 3 is 2.14 bits per heavy atom. The molecule has 1 nitrogen and oxygen atoms in total. The van der Waals surface area contributed by atoms with Crippen LogP contribution >= 0.6 is 39.1 Å². The Labute approximate surface area is 137 Å². The lowest BCUT2D eigenvalue weighted by molar-refractivity contribution is -0.274. The van der Waals surface area contributed by atoms with Crippen molar-refractivity contribution in [2.75, 3.05) is 0 Å². The van der Waals surface area contributed by atoms with E-state index in [1.54, 1.807) is 18.2 Å². The summed E-state index contributed by atoms with van der Waals surface area (Å²) in [6, 6.07) is 10.6. The van der Waals surface area contributed by atoms with Gasteiger partial charge in [-0.1, -0.05) is 57.3 Å². The molecule has 0 saturated heterocycles. The molecular formula is C14H8BrCl2F3O. The zero-order valence-electron chi connectivity index (χ0n) is 10.3. The predicted molar refractivity (Wildman–Crippen MR) is 80.4 cm³/mol. The largest absolute Gasteiger partial charge is 0.573 e. The molecule has 7 heteroatoms. The zero-order valence-corrected chi connectivity index (χ0v) is 13.4. The van der Waals surface area contributed by atoms with Gasteiger partial charge < -0.3 is 4.74 Å². The van der Waals surface area contributed by atoms with Gasteiger partial charge in [-0.25, -0.2) is 0 Å². The van der Waals surface area contributed by atoms with Crippen molar-refractivity contribution in [3.8, 4) is 5.75 Å². The fraction of sp³-hybridized carbons (Fsp3) is 0.143. The molecule has 0 amide bonds. The highest BCUT2D eigenvalue weighted by Gasteiger charge is 2.31. The van der Waals surface area contributed by atoms with Crippen LogP contribution in [0, 0.1) is 0 Å². The molecule has 0 aliphatic carbocycles. The van der Waals surface area contributed by atoms with Gasteiger partial charge >= 0.3 is 6.36 Å². The highest BCUT2D eigenvalue weighted by molar-refractivity contribution is 9.09. The molecule has 1 atom stereocenters. The van der Waals surface area contributed by atoms with Crippen molar-refractivity contribution in [2.45, 2.75) is 11.2 Å². The molecule has 0 fully saturated rings. The van der Waals surface area contributed by atoms with Gasteiger partial charge in [0.25, 0.3) is 0 Å². The molecule has 0 spiro atoms. The van der Waals surface area contributed by atoms with Crippen molar-refractivity contribution < 1.29 is 17.9 Å². The molecule has 2 rings (SSSR count). The van der Waals surface area contributed by atoms with E-state index in [1.165, 1.54) is 24.3 Å². The third kappa shape index (κ3) is 4.53. The van der Waals surface area contributed by atoms with E-state index >= 15 is 0 Å². The Morgan fingerprint density at radius 1 is 1.00 bits per heavy atom. The fourth-order valence-electron chi connectivity index (χ4n) is 1.73. The van der Waals surface area contributed by atoms with E-state index in [-0.39, 0.29) is 10.6 Å². The van der Waals surface area contributed by atoms with Crippen LogP contribution in [0.2, 0.25) is 10.0 Å². The van der Waals surface area contributed by atoms with Gasteiger partial charge in [0, 0.05) is 10.0 Å². The van der Waals surface area contributed by atoms with Crippen molar-refractivity contribution in [1.82, 2.24) is 0 Å². The van der Waals surface area contributed by atoms with E-state index in [1.807, 2.05) is 0 Å². The second kappa shape index (κ2) is 6.46. The summed E-state index contributed by atoms with van der Waals surface area (Å²) >= 11 is 15.4. The van der Waals surface area contributed by atoms with Crippen molar-refractivity contribution in [3.63, 3.8) is 0 Å². The van der Waals surface area contributed by atoms with Gasteiger partial charge in [-0.05, 0) is 35.4 Å². The van der Waals surface area contributed by atoms with Crippen molar-refractivity contribution in [1.29, 1.82) is 0 Å². The minimum atomic E-state index is -4.70. The quantitative estimate of drug-likeness (QED) is 0.544. The SMILES string of the molecule is FC(F)(F)Oc1ccc(C(Br)c2ccc(Cl)cc2Cl)cc1. The molecular weight excluding hydrogens is 392 g/mol. The van der Waals surface area contributed by atoms with Gasteiger partial charge in [0.15, 0.2) is 0 Å². The average Bonchev–Trinajstić information content (AvgIpc) is 2.37. The Kier molecular flexibility index (Phi) is 5.07. The van der Waals surface area contributed by atoms with Crippen LogP contribution in [0.15, 0.2) is 42.5 Å². The first-order valence-corrected chi connectivity index (χ1v) is 7.38. The molecule has 112 valence electrons. The number of hydrogen-bond acceptors (Lipinski definition) is 1. The lowest BCUT2D eigenvalue weighted by Crippen LogP contribution is -2.17. The van der Waals surface area contributed by atoms with Gasteiger partial charge in [-0.2, -0.15) is 0 Å². The van der Waals surface area contributed by atoms with Crippen LogP contribution in [0.1, 0.15) is 16.0 Å². The first-order chi connectivity index (χ1) is 9.76. The summed E-state index contributed by atoms with van der Waals surface area (Å²) in [7, 11) is 0. The molecule has 0 radical (unpaired) electrons. The number of halogens is 6. The summed E-state index contributed by atoms with van der Waals surface area (Å²) in [5, 5.41) is 0.984. The van der Waals surface area contributed by atoms with Gasteiger partial charge in [0.05, 0.1) is 4.83 Å². The van der Waals surface area contributed by atoms with Gasteiger partial charge in [-0.15, -0.1) is 13.2 Å². The summed E-state index contributed by atoms with van der Waals surface area (Å²) < 4.78 is 40.1. The Balaban J connectivity index is 2.22. The first kappa shape index (κ1) is 16.5. The summed E-state index contributed by atoms with van der Waals surface area (Å²) in [6.45, 7) is 0. The molecule has 2 aromatic carbocycles. The maximum absolute atomic E-state index is 12.1. The zero-order chi connectivity index (χ0) is 15.6. The fourth-order valence-corrected chi connectivity index (χ4v) is 3.08. The Bertz CT molecular complexity index is 629. The maximum atomic E-state index is 12.1. The normalized spacial score (nSPS) is 13.0. The third-order valence-corrected chi connectivity index (χ3v) is 4.23. The molecule has 0 N–H and O–H groups in total. The summed E-state index contributed by atoms with van der Waals surface area (Å²) in [5.74, 6) is -0.270. The predicted octanol–water partition coefficient (Wildman–Crippen LogP) is 6.38. The van der Waals surface area contributed by atoms with E-state index in [4.69, 9.17) is 23.2 Å². The van der Waals surface area contributed by atoms with Gasteiger partial charge in [0.1, 0.15) is 5.75 Å². The minimum Gasteiger partial charge on any atom is -0.406 e. The highest BCUT2D eigenvalue weighted by atomic mass is 79.9. The smallest absolute Gasteiger partial charge is 0.406 e. The summed E-state index contributed by atoms with van der Waals surface area (Å²) in [6.07, 6.45) is -4.70. The molecule has 0 aliphatic heterocycles. The standard InChI is InChI=1S/C14H8BrCl2F3O/c15-13(11-6-3-9(16)7-12(11)17)8-1-4-10(5-2-8)21-14(18,19)20/h1-7,13H. The molecule has 0 aliphatic rings. The van der Waals surface area contributed by atoms with Crippen LogP contribution in [0.3, 0.4) is 0 Å². The lowest BCUT2D eigenvalue weighted by atomic mass is 10.0. The van der Waals surface area contributed by atoms with Crippen molar-refractivity contribution in [2.24, 2.45) is 0 Å². The Hall–Kier alpha value is -0.910. The average molecular weight is 400 g/mol.